The summed E-state index contributed by atoms with van der Waals surface area (Å²) in [7, 11) is 0. The predicted molar refractivity (Wildman–Crippen MR) is 157 cm³/mol. The Labute approximate surface area is 239 Å². The molecule has 1 N–H and O–H groups in total. The first-order valence-corrected chi connectivity index (χ1v) is 14.2. The summed E-state index contributed by atoms with van der Waals surface area (Å²) in [5, 5.41) is 8.41. The smallest absolute Gasteiger partial charge is 0.410 e. The molecule has 1 aliphatic rings. The Bertz CT molecular complexity index is 1600. The number of rotatable bonds is 6. The van der Waals surface area contributed by atoms with Crippen molar-refractivity contribution in [2.75, 3.05) is 29.9 Å². The van der Waals surface area contributed by atoms with Crippen molar-refractivity contribution in [3.63, 3.8) is 0 Å². The fourth-order valence-corrected chi connectivity index (χ4v) is 5.48. The van der Waals surface area contributed by atoms with Crippen LogP contribution in [-0.4, -0.2) is 67.3 Å². The van der Waals surface area contributed by atoms with Gasteiger partial charge < -0.3 is 24.3 Å². The molecule has 41 heavy (non-hydrogen) atoms. The first-order chi connectivity index (χ1) is 19.5. The van der Waals surface area contributed by atoms with Gasteiger partial charge in [-0.15, -0.1) is 0 Å². The van der Waals surface area contributed by atoms with Gasteiger partial charge >= 0.3 is 6.09 Å². The third-order valence-electron chi connectivity index (χ3n) is 7.37. The molecular formula is C30H38FN7O3. The summed E-state index contributed by atoms with van der Waals surface area (Å²) in [5.74, 6) is -0.878. The summed E-state index contributed by atoms with van der Waals surface area (Å²) in [6.45, 7) is 14.2. The van der Waals surface area contributed by atoms with Crippen LogP contribution in [0.4, 0.5) is 20.6 Å². The number of piperidine rings is 1. The van der Waals surface area contributed by atoms with Crippen LogP contribution in [0.25, 0.3) is 16.6 Å². The second-order valence-electron chi connectivity index (χ2n) is 11.5. The van der Waals surface area contributed by atoms with Crippen molar-refractivity contribution in [1.29, 1.82) is 0 Å². The number of hydrogen-bond acceptors (Lipinski definition) is 6. The number of carbonyl (C=O) groups excluding carboxylic acids is 2. The van der Waals surface area contributed by atoms with Gasteiger partial charge in [0, 0.05) is 68.0 Å². The maximum atomic E-state index is 14.6. The van der Waals surface area contributed by atoms with Gasteiger partial charge in [-0.3, -0.25) is 9.48 Å². The zero-order valence-electron chi connectivity index (χ0n) is 24.6. The lowest BCUT2D eigenvalue weighted by Crippen LogP contribution is -2.48. The molecule has 10 nitrogen and oxygen atoms in total. The second kappa shape index (κ2) is 11.0. The number of anilines is 2. The third-order valence-corrected chi connectivity index (χ3v) is 7.37. The van der Waals surface area contributed by atoms with Crippen LogP contribution in [0.2, 0.25) is 0 Å². The van der Waals surface area contributed by atoms with Gasteiger partial charge in [-0.2, -0.15) is 5.10 Å². The summed E-state index contributed by atoms with van der Waals surface area (Å²) < 4.78 is 23.6. The molecule has 1 aromatic carbocycles. The van der Waals surface area contributed by atoms with Crippen molar-refractivity contribution in [3.8, 4) is 0 Å². The van der Waals surface area contributed by atoms with Crippen LogP contribution in [0, 0.1) is 12.7 Å². The molecular weight excluding hydrogens is 525 g/mol. The van der Waals surface area contributed by atoms with Gasteiger partial charge in [-0.25, -0.2) is 14.2 Å². The van der Waals surface area contributed by atoms with Crippen molar-refractivity contribution in [1.82, 2.24) is 24.1 Å². The maximum absolute atomic E-state index is 14.6. The van der Waals surface area contributed by atoms with Gasteiger partial charge in [0.25, 0.3) is 5.91 Å². The molecule has 1 aliphatic heterocycles. The molecule has 4 aromatic rings. The molecule has 1 fully saturated rings. The van der Waals surface area contributed by atoms with Crippen LogP contribution in [0.5, 0.6) is 0 Å². The summed E-state index contributed by atoms with van der Waals surface area (Å²) in [6, 6.07) is 5.11. The van der Waals surface area contributed by atoms with Gasteiger partial charge in [-0.05, 0) is 66.5 Å². The van der Waals surface area contributed by atoms with E-state index in [-0.39, 0.29) is 23.7 Å². The van der Waals surface area contributed by atoms with E-state index in [2.05, 4.69) is 15.2 Å². The topological polar surface area (TPSA) is 97.0 Å². The highest BCUT2D eigenvalue weighted by Crippen LogP contribution is 2.32. The molecule has 5 rings (SSSR count). The molecule has 0 atom stereocenters. The molecule has 0 radical (unpaired) electrons. The molecule has 0 aliphatic carbocycles. The Kier molecular flexibility index (Phi) is 7.63. The highest BCUT2D eigenvalue weighted by molar-refractivity contribution is 6.13. The monoisotopic (exact) mass is 563 g/mol. The van der Waals surface area contributed by atoms with Gasteiger partial charge in [0.2, 0.25) is 0 Å². The average molecular weight is 564 g/mol. The van der Waals surface area contributed by atoms with Crippen molar-refractivity contribution >= 4 is 39.9 Å². The quantitative estimate of drug-likeness (QED) is 0.327. The van der Waals surface area contributed by atoms with Gasteiger partial charge in [0.05, 0.1) is 16.9 Å². The number of ether oxygens (including phenoxy) is 1. The van der Waals surface area contributed by atoms with Crippen molar-refractivity contribution in [2.45, 2.75) is 72.6 Å². The van der Waals surface area contributed by atoms with E-state index >= 15 is 0 Å². The summed E-state index contributed by atoms with van der Waals surface area (Å²) in [6.07, 6.45) is 6.66. The maximum Gasteiger partial charge on any atom is 0.410 e. The van der Waals surface area contributed by atoms with Crippen molar-refractivity contribution in [3.05, 3.63) is 53.9 Å². The van der Waals surface area contributed by atoms with Gasteiger partial charge in [0.15, 0.2) is 11.5 Å². The number of aryl methyl sites for hydroxylation is 2. The molecule has 1 saturated heterocycles. The van der Waals surface area contributed by atoms with E-state index in [0.717, 1.165) is 37.0 Å². The Morgan fingerprint density at radius 3 is 2.54 bits per heavy atom. The van der Waals surface area contributed by atoms with Crippen LogP contribution >= 0.6 is 0 Å². The number of nitrogens with one attached hydrogen (secondary N) is 1. The highest BCUT2D eigenvalue weighted by Gasteiger charge is 2.31. The number of benzene rings is 1. The average Bonchev–Trinajstić information content (AvgIpc) is 3.51. The highest BCUT2D eigenvalue weighted by atomic mass is 19.1. The van der Waals surface area contributed by atoms with Crippen LogP contribution < -0.4 is 10.2 Å². The van der Waals surface area contributed by atoms with E-state index in [0.29, 0.717) is 35.6 Å². The van der Waals surface area contributed by atoms with E-state index in [4.69, 9.17) is 9.84 Å². The van der Waals surface area contributed by atoms with Crippen LogP contribution in [0.1, 0.15) is 63.5 Å². The molecule has 218 valence electrons. The molecule has 4 heterocycles. The number of hydrogen-bond donors (Lipinski definition) is 1. The largest absolute Gasteiger partial charge is 0.444 e. The third kappa shape index (κ3) is 5.84. The minimum absolute atomic E-state index is 0.0991. The zero-order chi connectivity index (χ0) is 29.5. The molecule has 0 saturated carbocycles. The molecule has 0 bridgehead atoms. The number of pyridine rings is 1. The van der Waals surface area contributed by atoms with Crippen molar-refractivity contribution in [2.24, 2.45) is 0 Å². The normalized spacial score (nSPS) is 14.6. The number of nitrogens with zero attached hydrogens (tertiary/aromatic N) is 6. The second-order valence-corrected chi connectivity index (χ2v) is 11.5. The van der Waals surface area contributed by atoms with E-state index in [1.54, 1.807) is 29.8 Å². The predicted octanol–water partition coefficient (Wildman–Crippen LogP) is 5.63. The molecule has 0 spiro atoms. The first-order valence-electron chi connectivity index (χ1n) is 14.2. The van der Waals surface area contributed by atoms with Crippen LogP contribution in [0.15, 0.2) is 36.8 Å². The Balaban J connectivity index is 1.37. The van der Waals surface area contributed by atoms with Crippen molar-refractivity contribution < 1.29 is 18.7 Å². The fraction of sp³-hybridized carbons (Fsp3) is 0.467. The van der Waals surface area contributed by atoms with E-state index in [1.165, 1.54) is 6.07 Å². The molecule has 3 aromatic heterocycles. The summed E-state index contributed by atoms with van der Waals surface area (Å²) >= 11 is 0. The Hall–Kier alpha value is -4.15. The Morgan fingerprint density at radius 1 is 1.15 bits per heavy atom. The first kappa shape index (κ1) is 28.4. The van der Waals surface area contributed by atoms with Crippen LogP contribution in [-0.2, 0) is 11.3 Å². The number of halogens is 1. The Morgan fingerprint density at radius 2 is 1.88 bits per heavy atom. The molecule has 0 unspecified atom stereocenters. The molecule has 11 heteroatoms. The number of amides is 2. The minimum Gasteiger partial charge on any atom is -0.444 e. The number of aromatic nitrogens is 4. The van der Waals surface area contributed by atoms with Crippen LogP contribution in [0.3, 0.4) is 0 Å². The summed E-state index contributed by atoms with van der Waals surface area (Å²) in [5.41, 5.74) is 2.69. The van der Waals surface area contributed by atoms with E-state index in [9.17, 15) is 14.0 Å². The fourth-order valence-electron chi connectivity index (χ4n) is 5.48. The van der Waals surface area contributed by atoms with Gasteiger partial charge in [0.1, 0.15) is 11.1 Å². The minimum atomic E-state index is -0.538. The number of imidazole rings is 1. The summed E-state index contributed by atoms with van der Waals surface area (Å²) in [4.78, 5) is 34.5. The SMILES string of the molecule is CCN(C(=O)OC(C)(C)C)C1CCN(c2ccc(C(=O)Nc3cc(F)c4nc(C)cn4c3)c3nn(CC)cc23)CC1. The van der Waals surface area contributed by atoms with Gasteiger partial charge in [-0.1, -0.05) is 0 Å². The standard InChI is InChI=1S/C30H38FN7O3/c1-7-37-18-23-25(35-13-11-21(12-14-35)38(8-2)29(40)41-30(4,5)6)10-9-22(26(23)34-37)28(39)33-20-15-24(31)27-32-19(3)16-36(27)17-20/h9-10,15-18,21H,7-8,11-14H2,1-6H3,(H,33,39). The number of carbonyl (C=O) groups is 2. The lowest BCUT2D eigenvalue weighted by molar-refractivity contribution is 0.0149. The van der Waals surface area contributed by atoms with E-state index < -0.39 is 11.4 Å². The lowest BCUT2D eigenvalue weighted by Gasteiger charge is -2.39. The lowest BCUT2D eigenvalue weighted by atomic mass is 10.0. The zero-order valence-corrected chi connectivity index (χ0v) is 24.6. The number of fused-ring (bicyclic) bond motifs is 2. The van der Waals surface area contributed by atoms with E-state index in [1.807, 2.05) is 56.5 Å². The molecule has 2 amide bonds.